The Kier molecular flexibility index (Phi) is 3.36. The van der Waals surface area contributed by atoms with Crippen molar-refractivity contribution < 1.29 is 4.42 Å². The first kappa shape index (κ1) is 12.9. The fraction of sp³-hybridized carbons (Fsp3) is 0.0625. The van der Waals surface area contributed by atoms with Gasteiger partial charge in [0.2, 0.25) is 0 Å². The van der Waals surface area contributed by atoms with Gasteiger partial charge in [0.15, 0.2) is 11.6 Å². The molecule has 0 fully saturated rings. The lowest BCUT2D eigenvalue weighted by Gasteiger charge is -2.02. The molecule has 3 aromatic rings. The van der Waals surface area contributed by atoms with Crippen molar-refractivity contribution in [2.45, 2.75) is 0 Å². The molecule has 0 aliphatic heterocycles. The molecule has 0 spiro atoms. The molecular weight excluding hydrogens is 264 g/mol. The lowest BCUT2D eigenvalue weighted by Crippen LogP contribution is -1.98. The number of hydrogen-bond acceptors (Lipinski definition) is 4. The van der Waals surface area contributed by atoms with Gasteiger partial charge in [-0.3, -0.25) is 0 Å². The Bertz CT molecular complexity index is 808. The summed E-state index contributed by atoms with van der Waals surface area (Å²) in [6.45, 7) is 0. The van der Waals surface area contributed by atoms with Crippen LogP contribution in [0.5, 0.6) is 0 Å². The van der Waals surface area contributed by atoms with Crippen molar-refractivity contribution in [1.82, 2.24) is 14.8 Å². The molecule has 0 aliphatic carbocycles. The van der Waals surface area contributed by atoms with E-state index in [1.54, 1.807) is 29.0 Å². The van der Waals surface area contributed by atoms with Gasteiger partial charge in [0.1, 0.15) is 17.4 Å². The van der Waals surface area contributed by atoms with Crippen molar-refractivity contribution in [3.63, 3.8) is 0 Å². The van der Waals surface area contributed by atoms with E-state index in [1.165, 1.54) is 0 Å². The third-order valence-corrected chi connectivity index (χ3v) is 3.10. The van der Waals surface area contributed by atoms with Gasteiger partial charge in [0.05, 0.1) is 6.26 Å². The summed E-state index contributed by atoms with van der Waals surface area (Å²) in [5.41, 5.74) is 1.36. The summed E-state index contributed by atoms with van der Waals surface area (Å²) in [6, 6.07) is 15.4. The number of furan rings is 1. The van der Waals surface area contributed by atoms with E-state index in [0.29, 0.717) is 23.0 Å². The molecule has 0 amide bonds. The molecule has 0 N–H and O–H groups in total. The van der Waals surface area contributed by atoms with E-state index in [2.05, 4.69) is 16.3 Å². The maximum atomic E-state index is 9.34. The maximum Gasteiger partial charge on any atom is 0.174 e. The largest absolute Gasteiger partial charge is 0.465 e. The predicted molar refractivity (Wildman–Crippen MR) is 78.6 cm³/mol. The van der Waals surface area contributed by atoms with Crippen molar-refractivity contribution >= 4 is 11.6 Å². The molecule has 1 aromatic carbocycles. The van der Waals surface area contributed by atoms with Gasteiger partial charge in [-0.1, -0.05) is 30.3 Å². The highest BCUT2D eigenvalue weighted by Gasteiger charge is 2.14. The third-order valence-electron chi connectivity index (χ3n) is 3.10. The van der Waals surface area contributed by atoms with Crippen LogP contribution in [0.4, 0.5) is 0 Å². The van der Waals surface area contributed by atoms with Crippen molar-refractivity contribution in [2.75, 3.05) is 0 Å². The third kappa shape index (κ3) is 2.47. The number of aromatic nitrogens is 3. The number of nitrogens with zero attached hydrogens (tertiary/aromatic N) is 4. The quantitative estimate of drug-likeness (QED) is 0.689. The Morgan fingerprint density at radius 1 is 1.19 bits per heavy atom. The second-order valence-electron chi connectivity index (χ2n) is 4.46. The highest BCUT2D eigenvalue weighted by molar-refractivity contribution is 5.86. The molecule has 2 aromatic heterocycles. The van der Waals surface area contributed by atoms with Crippen molar-refractivity contribution in [1.29, 1.82) is 5.26 Å². The van der Waals surface area contributed by atoms with Crippen LogP contribution in [0, 0.1) is 11.3 Å². The molecule has 102 valence electrons. The van der Waals surface area contributed by atoms with Crippen LogP contribution in [0.3, 0.4) is 0 Å². The van der Waals surface area contributed by atoms with E-state index in [9.17, 15) is 5.26 Å². The van der Waals surface area contributed by atoms with Gasteiger partial charge in [-0.15, -0.1) is 10.2 Å². The average molecular weight is 276 g/mol. The van der Waals surface area contributed by atoms with Gasteiger partial charge in [0.25, 0.3) is 0 Å². The molecular formula is C16H12N4O. The molecule has 21 heavy (non-hydrogen) atoms. The van der Waals surface area contributed by atoms with E-state index in [1.807, 2.05) is 37.4 Å². The Morgan fingerprint density at radius 3 is 2.67 bits per heavy atom. The molecule has 3 rings (SSSR count). The minimum Gasteiger partial charge on any atom is -0.465 e. The van der Waals surface area contributed by atoms with Crippen LogP contribution in [0.2, 0.25) is 0 Å². The molecule has 0 saturated heterocycles. The monoisotopic (exact) mass is 276 g/mol. The van der Waals surface area contributed by atoms with Crippen LogP contribution >= 0.6 is 0 Å². The Labute approximate surface area is 121 Å². The zero-order valence-corrected chi connectivity index (χ0v) is 11.4. The standard InChI is InChI=1S/C16H12N4O/c1-20-15(12-6-3-2-4-7-12)18-19-16(20)13(11-17)10-14-8-5-9-21-14/h2-10H,1H3/b13-10+. The summed E-state index contributed by atoms with van der Waals surface area (Å²) in [4.78, 5) is 0. The van der Waals surface area contributed by atoms with E-state index >= 15 is 0 Å². The highest BCUT2D eigenvalue weighted by atomic mass is 16.3. The molecule has 0 unspecified atom stereocenters. The van der Waals surface area contributed by atoms with E-state index in [0.717, 1.165) is 5.56 Å². The second kappa shape index (κ2) is 5.47. The number of allylic oxidation sites excluding steroid dienone is 1. The van der Waals surface area contributed by atoms with Crippen molar-refractivity contribution in [2.24, 2.45) is 7.05 Å². The molecule has 0 atom stereocenters. The SMILES string of the molecule is Cn1c(/C(C#N)=C/c2ccco2)nnc1-c1ccccc1. The topological polar surface area (TPSA) is 67.6 Å². The summed E-state index contributed by atoms with van der Waals surface area (Å²) < 4.78 is 7.03. The van der Waals surface area contributed by atoms with Crippen molar-refractivity contribution in [3.8, 4) is 17.5 Å². The molecule has 0 bridgehead atoms. The minimum atomic E-state index is 0.405. The van der Waals surface area contributed by atoms with Gasteiger partial charge in [-0.25, -0.2) is 0 Å². The van der Waals surface area contributed by atoms with Crippen molar-refractivity contribution in [3.05, 3.63) is 60.3 Å². The molecule has 0 saturated carbocycles. The number of hydrogen-bond donors (Lipinski definition) is 0. The summed E-state index contributed by atoms with van der Waals surface area (Å²) in [6.07, 6.45) is 3.21. The number of rotatable bonds is 3. The van der Waals surface area contributed by atoms with Crippen LogP contribution < -0.4 is 0 Å². The summed E-state index contributed by atoms with van der Waals surface area (Å²) in [5, 5.41) is 17.6. The van der Waals surface area contributed by atoms with Gasteiger partial charge in [0, 0.05) is 18.7 Å². The molecule has 2 heterocycles. The molecule has 0 radical (unpaired) electrons. The van der Waals surface area contributed by atoms with Gasteiger partial charge >= 0.3 is 0 Å². The normalized spacial score (nSPS) is 11.3. The first-order valence-corrected chi connectivity index (χ1v) is 6.40. The predicted octanol–water partition coefficient (Wildman–Crippen LogP) is 3.14. The van der Waals surface area contributed by atoms with Crippen LogP contribution in [0.1, 0.15) is 11.6 Å². The Hall–Kier alpha value is -3.13. The van der Waals surface area contributed by atoms with Crippen LogP contribution in [0.25, 0.3) is 23.0 Å². The highest BCUT2D eigenvalue weighted by Crippen LogP contribution is 2.21. The Morgan fingerprint density at radius 2 is 2.00 bits per heavy atom. The maximum absolute atomic E-state index is 9.34. The lowest BCUT2D eigenvalue weighted by atomic mass is 10.2. The summed E-state index contributed by atoms with van der Waals surface area (Å²) in [5.74, 6) is 1.83. The molecule has 5 nitrogen and oxygen atoms in total. The fourth-order valence-electron chi connectivity index (χ4n) is 2.06. The van der Waals surface area contributed by atoms with Crippen LogP contribution in [0.15, 0.2) is 53.1 Å². The average Bonchev–Trinajstić information content (AvgIpc) is 3.15. The van der Waals surface area contributed by atoms with Crippen LogP contribution in [-0.4, -0.2) is 14.8 Å². The zero-order chi connectivity index (χ0) is 14.7. The number of benzene rings is 1. The van der Waals surface area contributed by atoms with Gasteiger partial charge < -0.3 is 8.98 Å². The van der Waals surface area contributed by atoms with E-state index < -0.39 is 0 Å². The molecule has 5 heteroatoms. The van der Waals surface area contributed by atoms with Gasteiger partial charge in [-0.2, -0.15) is 5.26 Å². The first-order valence-electron chi connectivity index (χ1n) is 6.40. The summed E-state index contributed by atoms with van der Waals surface area (Å²) in [7, 11) is 1.84. The zero-order valence-electron chi connectivity index (χ0n) is 11.4. The smallest absolute Gasteiger partial charge is 0.174 e. The summed E-state index contributed by atoms with van der Waals surface area (Å²) >= 11 is 0. The minimum absolute atomic E-state index is 0.405. The van der Waals surface area contributed by atoms with Gasteiger partial charge in [-0.05, 0) is 12.1 Å². The Balaban J connectivity index is 2.04. The van der Waals surface area contributed by atoms with E-state index in [-0.39, 0.29) is 0 Å². The second-order valence-corrected chi connectivity index (χ2v) is 4.46. The fourth-order valence-corrected chi connectivity index (χ4v) is 2.06. The lowest BCUT2D eigenvalue weighted by molar-refractivity contribution is 0.557. The number of nitriles is 1. The van der Waals surface area contributed by atoms with E-state index in [4.69, 9.17) is 4.42 Å². The molecule has 0 aliphatic rings. The van der Waals surface area contributed by atoms with Crippen LogP contribution in [-0.2, 0) is 7.05 Å². The first-order chi connectivity index (χ1) is 10.3.